The van der Waals surface area contributed by atoms with E-state index in [1.54, 1.807) is 52.0 Å². The van der Waals surface area contributed by atoms with Crippen LogP contribution in [0, 0.1) is 5.92 Å². The van der Waals surface area contributed by atoms with Gasteiger partial charge in [0.05, 0.1) is 18.6 Å². The van der Waals surface area contributed by atoms with Crippen molar-refractivity contribution < 1.29 is 19.1 Å². The summed E-state index contributed by atoms with van der Waals surface area (Å²) < 4.78 is 10.5. The molecule has 5 nitrogen and oxygen atoms in total. The predicted molar refractivity (Wildman–Crippen MR) is 94.0 cm³/mol. The summed E-state index contributed by atoms with van der Waals surface area (Å²) >= 11 is 5.92. The molecule has 0 saturated heterocycles. The average Bonchev–Trinajstić information content (AvgIpc) is 2.49. The molecule has 0 bridgehead atoms. The molecule has 0 aliphatic rings. The maximum atomic E-state index is 12.2. The molecule has 0 unspecified atom stereocenters. The Morgan fingerprint density at radius 1 is 1.21 bits per heavy atom. The van der Waals surface area contributed by atoms with Crippen molar-refractivity contribution in [3.8, 4) is 0 Å². The number of hydrogen-bond donors (Lipinski definition) is 1. The van der Waals surface area contributed by atoms with E-state index in [9.17, 15) is 9.59 Å². The lowest BCUT2D eigenvalue weighted by Gasteiger charge is -2.27. The van der Waals surface area contributed by atoms with Gasteiger partial charge in [-0.05, 0) is 51.8 Å². The van der Waals surface area contributed by atoms with E-state index in [1.165, 1.54) is 0 Å². The highest BCUT2D eigenvalue weighted by atomic mass is 35.5. The minimum absolute atomic E-state index is 0.350. The third kappa shape index (κ3) is 6.79. The first-order chi connectivity index (χ1) is 11.1. The van der Waals surface area contributed by atoms with Gasteiger partial charge in [-0.15, -0.1) is 0 Å². The van der Waals surface area contributed by atoms with Crippen molar-refractivity contribution in [2.24, 2.45) is 5.92 Å². The van der Waals surface area contributed by atoms with Crippen LogP contribution in [0.15, 0.2) is 24.3 Å². The van der Waals surface area contributed by atoms with E-state index in [-0.39, 0.29) is 5.97 Å². The molecule has 1 aromatic rings. The van der Waals surface area contributed by atoms with Gasteiger partial charge in [-0.3, -0.25) is 4.79 Å². The molecule has 0 saturated carbocycles. The number of carbonyl (C=O) groups excluding carboxylic acids is 2. The third-order valence-corrected chi connectivity index (χ3v) is 3.47. The first-order valence-electron chi connectivity index (χ1n) is 8.05. The second-order valence-corrected chi connectivity index (χ2v) is 7.07. The van der Waals surface area contributed by atoms with Crippen molar-refractivity contribution in [1.29, 1.82) is 0 Å². The summed E-state index contributed by atoms with van der Waals surface area (Å²) in [5.41, 5.74) is 0.131. The predicted octanol–water partition coefficient (Wildman–Crippen LogP) is 4.50. The molecule has 1 amide bonds. The second-order valence-electron chi connectivity index (χ2n) is 6.63. The summed E-state index contributed by atoms with van der Waals surface area (Å²) in [5.74, 6) is -0.932. The van der Waals surface area contributed by atoms with Gasteiger partial charge in [0.25, 0.3) is 0 Å². The number of halogens is 1. The SMILES string of the molecule is CCCOC(=O)[C@@H](C)[C@H](NC(=O)OC(C)(C)C)c1ccc(Cl)cc1. The fourth-order valence-corrected chi connectivity index (χ4v) is 2.20. The Bertz CT molecular complexity index is 551. The number of alkyl carbamates (subject to hydrolysis) is 1. The maximum absolute atomic E-state index is 12.2. The van der Waals surface area contributed by atoms with Gasteiger partial charge in [0.15, 0.2) is 0 Å². The van der Waals surface area contributed by atoms with E-state index in [0.29, 0.717) is 11.6 Å². The smallest absolute Gasteiger partial charge is 0.408 e. The van der Waals surface area contributed by atoms with Crippen LogP contribution >= 0.6 is 11.6 Å². The zero-order chi connectivity index (χ0) is 18.3. The molecular weight excluding hydrogens is 330 g/mol. The highest BCUT2D eigenvalue weighted by Gasteiger charge is 2.30. The first kappa shape index (κ1) is 20.3. The van der Waals surface area contributed by atoms with Crippen LogP contribution in [0.4, 0.5) is 4.79 Å². The summed E-state index contributed by atoms with van der Waals surface area (Å²) in [6, 6.07) is 6.40. The number of rotatable bonds is 6. The van der Waals surface area contributed by atoms with Crippen LogP contribution in [0.3, 0.4) is 0 Å². The third-order valence-electron chi connectivity index (χ3n) is 3.22. The molecule has 6 heteroatoms. The van der Waals surface area contributed by atoms with Crippen LogP contribution in [-0.2, 0) is 14.3 Å². The fraction of sp³-hybridized carbons (Fsp3) is 0.556. The molecule has 0 aliphatic heterocycles. The highest BCUT2D eigenvalue weighted by molar-refractivity contribution is 6.30. The number of esters is 1. The Morgan fingerprint density at radius 2 is 1.79 bits per heavy atom. The zero-order valence-corrected chi connectivity index (χ0v) is 15.6. The molecule has 1 N–H and O–H groups in total. The molecule has 134 valence electrons. The first-order valence-corrected chi connectivity index (χ1v) is 8.43. The van der Waals surface area contributed by atoms with E-state index in [1.807, 2.05) is 6.92 Å². The van der Waals surface area contributed by atoms with Crippen molar-refractivity contribution in [3.05, 3.63) is 34.9 Å². The zero-order valence-electron chi connectivity index (χ0n) is 14.9. The summed E-state index contributed by atoms with van der Waals surface area (Å²) in [5, 5.41) is 3.34. The minimum Gasteiger partial charge on any atom is -0.465 e. The Balaban J connectivity index is 2.96. The maximum Gasteiger partial charge on any atom is 0.408 e. The quantitative estimate of drug-likeness (QED) is 0.763. The normalized spacial score (nSPS) is 13.8. The molecule has 0 aromatic heterocycles. The molecule has 0 aliphatic carbocycles. The summed E-state index contributed by atoms with van der Waals surface area (Å²) in [6.07, 6.45) is 0.154. The second kappa shape index (κ2) is 8.92. The Kier molecular flexibility index (Phi) is 7.55. The minimum atomic E-state index is -0.624. The number of amides is 1. The van der Waals surface area contributed by atoms with Gasteiger partial charge >= 0.3 is 12.1 Å². The van der Waals surface area contributed by atoms with Gasteiger partial charge in [-0.2, -0.15) is 0 Å². The lowest BCUT2D eigenvalue weighted by Crippen LogP contribution is -2.39. The van der Waals surface area contributed by atoms with Crippen molar-refractivity contribution >= 4 is 23.7 Å². The summed E-state index contributed by atoms with van der Waals surface area (Å²) in [7, 11) is 0. The van der Waals surface area contributed by atoms with Gasteiger partial charge in [0, 0.05) is 5.02 Å². The number of ether oxygens (including phenoxy) is 2. The lowest BCUT2D eigenvalue weighted by molar-refractivity contribution is -0.149. The van der Waals surface area contributed by atoms with Crippen LogP contribution in [0.2, 0.25) is 5.02 Å². The average molecular weight is 356 g/mol. The molecule has 0 spiro atoms. The molecule has 2 atom stereocenters. The monoisotopic (exact) mass is 355 g/mol. The van der Waals surface area contributed by atoms with Crippen LogP contribution in [0.1, 0.15) is 52.6 Å². The Morgan fingerprint density at radius 3 is 2.29 bits per heavy atom. The van der Waals surface area contributed by atoms with Crippen LogP contribution in [-0.4, -0.2) is 24.3 Å². The summed E-state index contributed by atoms with van der Waals surface area (Å²) in [6.45, 7) is 9.33. The Labute approximate surface area is 148 Å². The number of hydrogen-bond acceptors (Lipinski definition) is 4. The molecule has 0 fully saturated rings. The fourth-order valence-electron chi connectivity index (χ4n) is 2.07. The lowest BCUT2D eigenvalue weighted by atomic mass is 9.94. The summed E-state index contributed by atoms with van der Waals surface area (Å²) in [4.78, 5) is 24.3. The van der Waals surface area contributed by atoms with Gasteiger partial charge < -0.3 is 14.8 Å². The molecular formula is C18H26ClNO4. The van der Waals surface area contributed by atoms with E-state index in [0.717, 1.165) is 12.0 Å². The van der Waals surface area contributed by atoms with Gasteiger partial charge in [-0.25, -0.2) is 4.79 Å². The number of carbonyl (C=O) groups is 2. The highest BCUT2D eigenvalue weighted by Crippen LogP contribution is 2.25. The van der Waals surface area contributed by atoms with Gasteiger partial charge in [0.1, 0.15) is 5.60 Å². The van der Waals surface area contributed by atoms with Crippen LogP contribution < -0.4 is 5.32 Å². The van der Waals surface area contributed by atoms with E-state index in [2.05, 4.69) is 5.32 Å². The van der Waals surface area contributed by atoms with Crippen molar-refractivity contribution in [2.45, 2.75) is 52.7 Å². The van der Waals surface area contributed by atoms with E-state index >= 15 is 0 Å². The molecule has 24 heavy (non-hydrogen) atoms. The molecule has 1 aromatic carbocycles. The number of nitrogens with one attached hydrogen (secondary N) is 1. The van der Waals surface area contributed by atoms with E-state index < -0.39 is 23.7 Å². The topological polar surface area (TPSA) is 64.6 Å². The standard InChI is InChI=1S/C18H26ClNO4/c1-6-11-23-16(21)12(2)15(13-7-9-14(19)10-8-13)20-17(22)24-18(3,4)5/h7-10,12,15H,6,11H2,1-5H3,(H,20,22)/t12-,15-/m0/s1. The van der Waals surface area contributed by atoms with Gasteiger partial charge in [-0.1, -0.05) is 30.7 Å². The molecule has 0 heterocycles. The van der Waals surface area contributed by atoms with Gasteiger partial charge in [0.2, 0.25) is 0 Å². The molecule has 1 rings (SSSR count). The van der Waals surface area contributed by atoms with Crippen LogP contribution in [0.5, 0.6) is 0 Å². The van der Waals surface area contributed by atoms with Crippen molar-refractivity contribution in [2.75, 3.05) is 6.61 Å². The largest absolute Gasteiger partial charge is 0.465 e. The number of benzene rings is 1. The van der Waals surface area contributed by atoms with E-state index in [4.69, 9.17) is 21.1 Å². The van der Waals surface area contributed by atoms with Crippen LogP contribution in [0.25, 0.3) is 0 Å². The van der Waals surface area contributed by atoms with Crippen molar-refractivity contribution in [1.82, 2.24) is 5.32 Å². The van der Waals surface area contributed by atoms with Crippen molar-refractivity contribution in [3.63, 3.8) is 0 Å². The molecule has 0 radical (unpaired) electrons. The Hall–Kier alpha value is -1.75.